The van der Waals surface area contributed by atoms with Gasteiger partial charge in [-0.2, -0.15) is 0 Å². The Hall–Kier alpha value is -0.260. The Morgan fingerprint density at radius 3 is 2.89 bits per heavy atom. The molecule has 0 aromatic heterocycles. The molecule has 3 nitrogen and oxygen atoms in total. The first-order valence-electron chi connectivity index (χ1n) is 6.05. The summed E-state index contributed by atoms with van der Waals surface area (Å²) in [6.07, 6.45) is 2.40. The van der Waals surface area contributed by atoms with Crippen molar-refractivity contribution in [3.05, 3.63) is 21.1 Å². The molecule has 0 amide bonds. The Balaban J connectivity index is 1.99. The summed E-state index contributed by atoms with van der Waals surface area (Å²) in [5.74, 6) is 1.43. The zero-order valence-electron chi connectivity index (χ0n) is 10.3. The topological polar surface area (TPSA) is 30.5 Å². The molecular weight excluding hydrogens is 362 g/mol. The highest BCUT2D eigenvalue weighted by Crippen LogP contribution is 2.34. The van der Waals surface area contributed by atoms with E-state index in [4.69, 9.17) is 9.47 Å². The first-order chi connectivity index (χ1) is 8.70. The molecule has 1 heterocycles. The van der Waals surface area contributed by atoms with Crippen LogP contribution in [0.4, 0.5) is 5.69 Å². The predicted octanol–water partition coefficient (Wildman–Crippen LogP) is 4.06. The molecule has 1 aromatic rings. The molecule has 0 aliphatic carbocycles. The second kappa shape index (κ2) is 6.78. The van der Waals surface area contributed by atoms with E-state index >= 15 is 0 Å². The van der Waals surface area contributed by atoms with Crippen LogP contribution in [-0.2, 0) is 4.74 Å². The Bertz CT molecular complexity index is 406. The largest absolute Gasteiger partial charge is 0.495 e. The van der Waals surface area contributed by atoms with Crippen LogP contribution in [-0.4, -0.2) is 26.9 Å². The van der Waals surface area contributed by atoms with Crippen LogP contribution < -0.4 is 10.1 Å². The quantitative estimate of drug-likeness (QED) is 0.856. The van der Waals surface area contributed by atoms with Crippen molar-refractivity contribution in [3.63, 3.8) is 0 Å². The third-order valence-electron chi connectivity index (χ3n) is 3.08. The van der Waals surface area contributed by atoms with Gasteiger partial charge in [-0.15, -0.1) is 0 Å². The van der Waals surface area contributed by atoms with Gasteiger partial charge in [0.05, 0.1) is 23.9 Å². The van der Waals surface area contributed by atoms with E-state index in [9.17, 15) is 0 Å². The first kappa shape index (κ1) is 14.2. The van der Waals surface area contributed by atoms with Gasteiger partial charge in [0.25, 0.3) is 0 Å². The molecule has 0 bridgehead atoms. The summed E-state index contributed by atoms with van der Waals surface area (Å²) >= 11 is 7.02. The average molecular weight is 379 g/mol. The van der Waals surface area contributed by atoms with E-state index in [1.54, 1.807) is 7.11 Å². The minimum Gasteiger partial charge on any atom is -0.495 e. The Labute approximate surface area is 124 Å². The normalized spacial score (nSPS) is 19.6. The van der Waals surface area contributed by atoms with E-state index in [0.717, 1.165) is 46.6 Å². The minimum atomic E-state index is 0.597. The molecule has 1 unspecified atom stereocenters. The first-order valence-corrected chi connectivity index (χ1v) is 7.64. The molecular formula is C13H17Br2NO2. The van der Waals surface area contributed by atoms with Gasteiger partial charge in [0.15, 0.2) is 0 Å². The fourth-order valence-corrected chi connectivity index (χ4v) is 3.34. The smallest absolute Gasteiger partial charge is 0.135 e. The fraction of sp³-hybridized carbons (Fsp3) is 0.538. The van der Waals surface area contributed by atoms with Crippen LogP contribution in [0.5, 0.6) is 5.75 Å². The molecule has 100 valence electrons. The second-order valence-corrected chi connectivity index (χ2v) is 6.14. The van der Waals surface area contributed by atoms with E-state index in [1.165, 1.54) is 6.42 Å². The lowest BCUT2D eigenvalue weighted by molar-refractivity contribution is 0.0595. The number of halogens is 2. The number of hydrogen-bond acceptors (Lipinski definition) is 3. The maximum Gasteiger partial charge on any atom is 0.135 e. The lowest BCUT2D eigenvalue weighted by Crippen LogP contribution is -2.24. The van der Waals surface area contributed by atoms with Crippen molar-refractivity contribution in [2.75, 3.05) is 32.2 Å². The van der Waals surface area contributed by atoms with Gasteiger partial charge >= 0.3 is 0 Å². The van der Waals surface area contributed by atoms with Gasteiger partial charge in [0.2, 0.25) is 0 Å². The van der Waals surface area contributed by atoms with Gasteiger partial charge < -0.3 is 14.8 Å². The second-order valence-electron chi connectivity index (χ2n) is 4.43. The molecule has 1 fully saturated rings. The highest BCUT2D eigenvalue weighted by atomic mass is 79.9. The molecule has 1 atom stereocenters. The number of benzene rings is 1. The number of anilines is 1. The fourth-order valence-electron chi connectivity index (χ4n) is 2.04. The number of ether oxygens (including phenoxy) is 2. The molecule has 18 heavy (non-hydrogen) atoms. The van der Waals surface area contributed by atoms with Gasteiger partial charge in [-0.25, -0.2) is 0 Å². The summed E-state index contributed by atoms with van der Waals surface area (Å²) in [6, 6.07) is 4.00. The van der Waals surface area contributed by atoms with Crippen molar-refractivity contribution in [2.45, 2.75) is 12.8 Å². The lowest BCUT2D eigenvalue weighted by Gasteiger charge is -2.23. The van der Waals surface area contributed by atoms with Gasteiger partial charge in [0, 0.05) is 23.7 Å². The van der Waals surface area contributed by atoms with E-state index in [2.05, 4.69) is 37.2 Å². The Morgan fingerprint density at radius 1 is 1.39 bits per heavy atom. The summed E-state index contributed by atoms with van der Waals surface area (Å²) in [5.41, 5.74) is 1.06. The minimum absolute atomic E-state index is 0.597. The Kier molecular flexibility index (Phi) is 5.33. The van der Waals surface area contributed by atoms with Crippen LogP contribution in [0.3, 0.4) is 0 Å². The van der Waals surface area contributed by atoms with Gasteiger partial charge in [0.1, 0.15) is 5.75 Å². The molecule has 1 aliphatic heterocycles. The van der Waals surface area contributed by atoms with Crippen LogP contribution in [0.2, 0.25) is 0 Å². The average Bonchev–Trinajstić information content (AvgIpc) is 2.39. The molecule has 0 spiro atoms. The van der Waals surface area contributed by atoms with Crippen molar-refractivity contribution in [1.82, 2.24) is 0 Å². The van der Waals surface area contributed by atoms with Crippen LogP contribution >= 0.6 is 31.9 Å². The number of nitrogens with one attached hydrogen (secondary N) is 1. The predicted molar refractivity (Wildman–Crippen MR) is 80.4 cm³/mol. The van der Waals surface area contributed by atoms with Gasteiger partial charge in [-0.1, -0.05) is 0 Å². The molecule has 2 rings (SSSR count). The SMILES string of the molecule is COc1cc(NCC2CCCOC2)c(Br)cc1Br. The van der Waals surface area contributed by atoms with Crippen molar-refractivity contribution in [1.29, 1.82) is 0 Å². The van der Waals surface area contributed by atoms with Crippen molar-refractivity contribution in [2.24, 2.45) is 5.92 Å². The van der Waals surface area contributed by atoms with Crippen molar-refractivity contribution >= 4 is 37.5 Å². The highest BCUT2D eigenvalue weighted by Gasteiger charge is 2.14. The third kappa shape index (κ3) is 3.62. The standard InChI is InChI=1S/C13H17Br2NO2/c1-17-13-6-12(10(14)5-11(13)15)16-7-9-3-2-4-18-8-9/h5-6,9,16H,2-4,7-8H2,1H3. The van der Waals surface area contributed by atoms with Crippen molar-refractivity contribution < 1.29 is 9.47 Å². The molecule has 0 saturated carbocycles. The molecule has 1 saturated heterocycles. The molecule has 5 heteroatoms. The van der Waals surface area contributed by atoms with Crippen LogP contribution in [0.25, 0.3) is 0 Å². The van der Waals surface area contributed by atoms with E-state index < -0.39 is 0 Å². The summed E-state index contributed by atoms with van der Waals surface area (Å²) in [4.78, 5) is 0. The third-order valence-corrected chi connectivity index (χ3v) is 4.35. The summed E-state index contributed by atoms with van der Waals surface area (Å²) in [6.45, 7) is 2.70. The summed E-state index contributed by atoms with van der Waals surface area (Å²) in [7, 11) is 1.67. The lowest BCUT2D eigenvalue weighted by atomic mass is 10.0. The highest BCUT2D eigenvalue weighted by molar-refractivity contribution is 9.11. The molecule has 1 N–H and O–H groups in total. The molecule has 1 aliphatic rings. The van der Waals surface area contributed by atoms with E-state index in [1.807, 2.05) is 12.1 Å². The van der Waals surface area contributed by atoms with Crippen LogP contribution in [0.15, 0.2) is 21.1 Å². The maximum absolute atomic E-state index is 5.48. The monoisotopic (exact) mass is 377 g/mol. The molecule has 1 aromatic carbocycles. The van der Waals surface area contributed by atoms with E-state index in [-0.39, 0.29) is 0 Å². The summed E-state index contributed by atoms with van der Waals surface area (Å²) in [5, 5.41) is 3.46. The number of methoxy groups -OCH3 is 1. The number of rotatable bonds is 4. The van der Waals surface area contributed by atoms with Crippen molar-refractivity contribution in [3.8, 4) is 5.75 Å². The maximum atomic E-state index is 5.48. The molecule has 0 radical (unpaired) electrons. The zero-order chi connectivity index (χ0) is 13.0. The Morgan fingerprint density at radius 2 is 2.22 bits per heavy atom. The van der Waals surface area contributed by atoms with E-state index in [0.29, 0.717) is 5.92 Å². The number of hydrogen-bond donors (Lipinski definition) is 1. The van der Waals surface area contributed by atoms with Gasteiger partial charge in [-0.05, 0) is 56.7 Å². The van der Waals surface area contributed by atoms with Gasteiger partial charge in [-0.3, -0.25) is 0 Å². The van der Waals surface area contributed by atoms with Crippen LogP contribution in [0.1, 0.15) is 12.8 Å². The zero-order valence-corrected chi connectivity index (χ0v) is 13.5. The van der Waals surface area contributed by atoms with Crippen LogP contribution in [0, 0.1) is 5.92 Å². The summed E-state index contributed by atoms with van der Waals surface area (Å²) < 4.78 is 12.8.